The Morgan fingerprint density at radius 2 is 1.31 bits per heavy atom. The minimum absolute atomic E-state index is 0. The third kappa shape index (κ3) is 10.7. The molecule has 8 nitrogen and oxygen atoms in total. The van der Waals surface area contributed by atoms with Crippen molar-refractivity contribution >= 4 is 30.2 Å². The fraction of sp³-hybridized carbons (Fsp3) is 0.455. The number of halogens is 6. The van der Waals surface area contributed by atoms with Gasteiger partial charge in [-0.15, -0.1) is 12.4 Å². The summed E-state index contributed by atoms with van der Waals surface area (Å²) in [5.74, 6) is -7.52. The van der Waals surface area contributed by atoms with Gasteiger partial charge in [0, 0.05) is 70.3 Å². The van der Waals surface area contributed by atoms with Gasteiger partial charge in [0.1, 0.15) is 5.82 Å². The molecule has 2 aliphatic rings. The number of carbonyl (C=O) groups is 2. The highest BCUT2D eigenvalue weighted by atomic mass is 35.5. The molecule has 0 atom stereocenters. The molecule has 0 radical (unpaired) electrons. The van der Waals surface area contributed by atoms with E-state index in [0.29, 0.717) is 18.9 Å². The highest BCUT2D eigenvalue weighted by molar-refractivity contribution is 5.88. The molecule has 4 rings (SSSR count). The summed E-state index contributed by atoms with van der Waals surface area (Å²) < 4.78 is 62.4. The third-order valence-electron chi connectivity index (χ3n) is 5.12. The average Bonchev–Trinajstić information content (AvgIpc) is 2.80. The number of aromatic carboxylic acids is 2. The number of alkyl halides is 4. The third-order valence-corrected chi connectivity index (χ3v) is 5.12. The van der Waals surface area contributed by atoms with Crippen molar-refractivity contribution in [3.8, 4) is 0 Å². The summed E-state index contributed by atoms with van der Waals surface area (Å²) in [4.78, 5) is 29.8. The van der Waals surface area contributed by atoms with E-state index in [1.54, 1.807) is 4.90 Å². The average molecular weight is 541 g/mol. The normalized spacial score (nSPS) is 17.8. The van der Waals surface area contributed by atoms with Crippen molar-refractivity contribution in [2.75, 3.05) is 31.1 Å². The summed E-state index contributed by atoms with van der Waals surface area (Å²) in [6, 6.07) is 4.88. The van der Waals surface area contributed by atoms with E-state index >= 15 is 0 Å². The predicted octanol–water partition coefficient (Wildman–Crippen LogP) is 4.36. The zero-order chi connectivity index (χ0) is 26.1. The number of nitrogens with one attached hydrogen (secondary N) is 1. The molecular weight excluding hydrogens is 515 g/mol. The van der Waals surface area contributed by atoms with Gasteiger partial charge in [0.05, 0.1) is 11.1 Å². The molecule has 2 fully saturated rings. The van der Waals surface area contributed by atoms with Crippen LogP contribution in [0.2, 0.25) is 0 Å². The van der Waals surface area contributed by atoms with Gasteiger partial charge in [-0.1, -0.05) is 0 Å². The number of hydrogen-bond acceptors (Lipinski definition) is 6. The molecule has 200 valence electrons. The maximum atomic E-state index is 13.0. The topological polar surface area (TPSA) is 116 Å². The predicted molar refractivity (Wildman–Crippen MR) is 123 cm³/mol. The molecule has 0 saturated carbocycles. The zero-order valence-electron chi connectivity index (χ0n) is 19.0. The van der Waals surface area contributed by atoms with Crippen LogP contribution < -0.4 is 10.2 Å². The highest BCUT2D eigenvalue weighted by Gasteiger charge is 2.34. The van der Waals surface area contributed by atoms with E-state index in [1.807, 2.05) is 0 Å². The molecule has 0 aliphatic carbocycles. The minimum Gasteiger partial charge on any atom is -0.478 e. The van der Waals surface area contributed by atoms with Crippen LogP contribution >= 0.6 is 12.4 Å². The van der Waals surface area contributed by atoms with Gasteiger partial charge in [0.15, 0.2) is 0 Å². The van der Waals surface area contributed by atoms with Crippen LogP contribution in [0.4, 0.5) is 27.8 Å². The van der Waals surface area contributed by atoms with Crippen LogP contribution in [0.5, 0.6) is 0 Å². The van der Waals surface area contributed by atoms with Gasteiger partial charge in [-0.3, -0.25) is 0 Å². The lowest BCUT2D eigenvalue weighted by Crippen LogP contribution is -2.39. The lowest BCUT2D eigenvalue weighted by Gasteiger charge is -2.32. The Balaban J connectivity index is 0.000000291. The molecule has 0 spiro atoms. The number of hydrogen-bond donors (Lipinski definition) is 3. The quantitative estimate of drug-likeness (QED) is 0.388. The Hall–Kier alpha value is -3.06. The molecule has 3 N–H and O–H groups in total. The Labute approximate surface area is 210 Å². The van der Waals surface area contributed by atoms with Crippen molar-refractivity contribution in [2.45, 2.75) is 37.5 Å². The lowest BCUT2D eigenvalue weighted by molar-refractivity contribution is -0.0274. The van der Waals surface area contributed by atoms with Gasteiger partial charge < -0.3 is 20.4 Å². The van der Waals surface area contributed by atoms with E-state index < -0.39 is 29.7 Å². The molecule has 36 heavy (non-hydrogen) atoms. The highest BCUT2D eigenvalue weighted by Crippen LogP contribution is 2.29. The molecule has 4 heterocycles. The van der Waals surface area contributed by atoms with Crippen LogP contribution in [0.25, 0.3) is 0 Å². The Morgan fingerprint density at radius 3 is 1.72 bits per heavy atom. The van der Waals surface area contributed by atoms with Crippen LogP contribution in [0.1, 0.15) is 46.4 Å². The van der Waals surface area contributed by atoms with Crippen molar-refractivity contribution in [3.05, 3.63) is 53.7 Å². The number of aromatic nitrogens is 2. The van der Waals surface area contributed by atoms with Crippen molar-refractivity contribution in [3.63, 3.8) is 0 Å². The molecule has 2 saturated heterocycles. The molecule has 2 aromatic rings. The minimum atomic E-state index is -2.61. The number of rotatable bonds is 3. The van der Waals surface area contributed by atoms with E-state index in [4.69, 9.17) is 10.2 Å². The molecule has 0 amide bonds. The summed E-state index contributed by atoms with van der Waals surface area (Å²) >= 11 is 0. The number of pyridine rings is 2. The van der Waals surface area contributed by atoms with Crippen LogP contribution in [0.3, 0.4) is 0 Å². The second-order valence-electron chi connectivity index (χ2n) is 7.83. The molecule has 0 bridgehead atoms. The first kappa shape index (κ1) is 31.0. The van der Waals surface area contributed by atoms with Crippen molar-refractivity contribution in [1.29, 1.82) is 0 Å². The Morgan fingerprint density at radius 1 is 0.833 bits per heavy atom. The Bertz CT molecular complexity index is 998. The van der Waals surface area contributed by atoms with Crippen LogP contribution in [-0.2, 0) is 0 Å². The number of carboxylic acid groups (broad SMARTS) is 2. The first-order valence-electron chi connectivity index (χ1n) is 10.6. The summed E-state index contributed by atoms with van der Waals surface area (Å²) in [5, 5.41) is 20.0. The van der Waals surface area contributed by atoms with E-state index in [1.165, 1.54) is 24.4 Å². The maximum absolute atomic E-state index is 13.0. The molecule has 14 heteroatoms. The fourth-order valence-corrected chi connectivity index (χ4v) is 3.12. The van der Waals surface area contributed by atoms with Gasteiger partial charge in [-0.2, -0.15) is 4.39 Å². The van der Waals surface area contributed by atoms with E-state index in [2.05, 4.69) is 15.3 Å². The molecule has 2 aliphatic heterocycles. The van der Waals surface area contributed by atoms with Crippen LogP contribution in [0, 0.1) is 5.95 Å². The van der Waals surface area contributed by atoms with Crippen LogP contribution in [-0.4, -0.2) is 70.1 Å². The first-order chi connectivity index (χ1) is 16.4. The summed E-state index contributed by atoms with van der Waals surface area (Å²) in [6.07, 6.45) is 2.07. The van der Waals surface area contributed by atoms with Gasteiger partial charge >= 0.3 is 11.9 Å². The smallest absolute Gasteiger partial charge is 0.335 e. The number of piperidine rings is 2. The summed E-state index contributed by atoms with van der Waals surface area (Å²) in [5.41, 5.74) is 0.0276. The summed E-state index contributed by atoms with van der Waals surface area (Å²) in [7, 11) is 0. The lowest BCUT2D eigenvalue weighted by atomic mass is 10.1. The standard InChI is InChI=1S/C11H12F2N2O2.C6H4FNO2.C5H9F2N.ClH/c12-11(13)2-5-15(6-3-11)9-7-8(10(16)17)1-4-14-9;7-5-3-4(6(9)10)1-2-8-5;6-5(7)1-3-8-4-2-5;/h1,4,7H,2-3,5-6H2,(H,16,17);1-3H,(H,9,10);8H,1-4H2;1H. The van der Waals surface area contributed by atoms with Gasteiger partial charge in [-0.05, 0) is 18.2 Å². The van der Waals surface area contributed by atoms with Gasteiger partial charge in [0.2, 0.25) is 5.95 Å². The number of anilines is 1. The molecule has 0 aromatic carbocycles. The largest absolute Gasteiger partial charge is 0.478 e. The molecular formula is C22H26ClF5N4O4. The second-order valence-corrected chi connectivity index (χ2v) is 7.83. The summed E-state index contributed by atoms with van der Waals surface area (Å²) in [6.45, 7) is 1.33. The first-order valence-corrected chi connectivity index (χ1v) is 10.6. The second kappa shape index (κ2) is 13.9. The van der Waals surface area contributed by atoms with Gasteiger partial charge in [-0.25, -0.2) is 37.1 Å². The Kier molecular flexibility index (Phi) is 11.9. The zero-order valence-corrected chi connectivity index (χ0v) is 19.8. The van der Waals surface area contributed by atoms with Crippen molar-refractivity contribution in [2.24, 2.45) is 0 Å². The molecule has 2 aromatic heterocycles. The number of carboxylic acids is 2. The van der Waals surface area contributed by atoms with Gasteiger partial charge in [0.25, 0.3) is 11.8 Å². The van der Waals surface area contributed by atoms with E-state index in [-0.39, 0.29) is 62.3 Å². The van der Waals surface area contributed by atoms with Crippen molar-refractivity contribution in [1.82, 2.24) is 15.3 Å². The monoisotopic (exact) mass is 540 g/mol. The molecule has 0 unspecified atom stereocenters. The van der Waals surface area contributed by atoms with Crippen molar-refractivity contribution < 1.29 is 41.8 Å². The number of nitrogens with zero attached hydrogens (tertiary/aromatic N) is 3. The van der Waals surface area contributed by atoms with E-state index in [9.17, 15) is 31.5 Å². The SMILES string of the molecule is Cl.FC1(F)CCNCC1.O=C(O)c1ccnc(F)c1.O=C(O)c1ccnc(N2CCC(F)(F)CC2)c1. The maximum Gasteiger partial charge on any atom is 0.335 e. The van der Waals surface area contributed by atoms with E-state index in [0.717, 1.165) is 12.3 Å². The fourth-order valence-electron chi connectivity index (χ4n) is 3.12. The van der Waals surface area contributed by atoms with Crippen LogP contribution in [0.15, 0.2) is 36.7 Å².